The summed E-state index contributed by atoms with van der Waals surface area (Å²) in [6.45, 7) is 2.08. The van der Waals surface area contributed by atoms with Crippen molar-refractivity contribution in [1.29, 1.82) is 0 Å². The number of aromatic amines is 1. The lowest BCUT2D eigenvalue weighted by Crippen LogP contribution is -2.04. The smallest absolute Gasteiger partial charge is 0.356 e. The topological polar surface area (TPSA) is 56.2 Å². The van der Waals surface area contributed by atoms with Crippen LogP contribution in [0.1, 0.15) is 17.4 Å². The SMILES string of the molecule is CCOC(=O)c1cn(-c2ccc(OC)cc2)c(=S)[nH]1. The lowest BCUT2D eigenvalue weighted by Gasteiger charge is -2.03. The van der Waals surface area contributed by atoms with Crippen LogP contribution >= 0.6 is 12.2 Å². The Kier molecular flexibility index (Phi) is 4.01. The molecule has 0 aliphatic carbocycles. The number of esters is 1. The summed E-state index contributed by atoms with van der Waals surface area (Å²) in [5, 5.41) is 0. The Morgan fingerprint density at radius 1 is 1.37 bits per heavy atom. The van der Waals surface area contributed by atoms with Crippen molar-refractivity contribution in [3.05, 3.63) is 40.9 Å². The number of methoxy groups -OCH3 is 1. The monoisotopic (exact) mass is 278 g/mol. The molecule has 0 fully saturated rings. The number of H-pyrrole nitrogens is 1. The van der Waals surface area contributed by atoms with Crippen LogP contribution in [0.2, 0.25) is 0 Å². The number of benzene rings is 1. The maximum Gasteiger partial charge on any atom is 0.356 e. The molecule has 0 atom stereocenters. The third-order valence-corrected chi connectivity index (χ3v) is 2.86. The summed E-state index contributed by atoms with van der Waals surface area (Å²) >= 11 is 5.19. The van der Waals surface area contributed by atoms with Crippen LogP contribution in [-0.4, -0.2) is 29.2 Å². The summed E-state index contributed by atoms with van der Waals surface area (Å²) in [5.74, 6) is 0.345. The Morgan fingerprint density at radius 3 is 2.63 bits per heavy atom. The molecule has 1 N–H and O–H groups in total. The molecule has 0 saturated carbocycles. The number of hydrogen-bond acceptors (Lipinski definition) is 4. The summed E-state index contributed by atoms with van der Waals surface area (Å²) in [5.41, 5.74) is 1.18. The second-order valence-electron chi connectivity index (χ2n) is 3.76. The van der Waals surface area contributed by atoms with Gasteiger partial charge < -0.3 is 14.5 Å². The summed E-state index contributed by atoms with van der Waals surface area (Å²) in [4.78, 5) is 14.4. The Bertz CT molecular complexity index is 628. The molecule has 0 amide bonds. The molecule has 100 valence electrons. The van der Waals surface area contributed by atoms with Crippen molar-refractivity contribution in [1.82, 2.24) is 9.55 Å². The van der Waals surface area contributed by atoms with E-state index in [9.17, 15) is 4.79 Å². The van der Waals surface area contributed by atoms with Crippen molar-refractivity contribution in [2.75, 3.05) is 13.7 Å². The van der Waals surface area contributed by atoms with Gasteiger partial charge in [-0.2, -0.15) is 0 Å². The molecule has 1 heterocycles. The van der Waals surface area contributed by atoms with Crippen LogP contribution in [0.4, 0.5) is 0 Å². The first-order valence-electron chi connectivity index (χ1n) is 5.79. The summed E-state index contributed by atoms with van der Waals surface area (Å²) in [6, 6.07) is 7.37. The highest BCUT2D eigenvalue weighted by Gasteiger charge is 2.11. The quantitative estimate of drug-likeness (QED) is 0.690. The standard InChI is InChI=1S/C13H14N2O3S/c1-3-18-12(16)11-8-15(13(19)14-11)9-4-6-10(17-2)7-5-9/h4-8H,3H2,1-2H3,(H,14,19). The second kappa shape index (κ2) is 5.71. The minimum Gasteiger partial charge on any atom is -0.497 e. The average Bonchev–Trinajstić information content (AvgIpc) is 2.81. The van der Waals surface area contributed by atoms with E-state index in [1.807, 2.05) is 24.3 Å². The van der Waals surface area contributed by atoms with Gasteiger partial charge in [-0.15, -0.1) is 0 Å². The van der Waals surface area contributed by atoms with Gasteiger partial charge in [-0.1, -0.05) is 0 Å². The third-order valence-electron chi connectivity index (χ3n) is 2.56. The van der Waals surface area contributed by atoms with Crippen LogP contribution < -0.4 is 4.74 Å². The number of hydrogen-bond donors (Lipinski definition) is 1. The van der Waals surface area contributed by atoms with Crippen molar-refractivity contribution < 1.29 is 14.3 Å². The lowest BCUT2D eigenvalue weighted by atomic mass is 10.3. The highest BCUT2D eigenvalue weighted by atomic mass is 32.1. The Balaban J connectivity index is 2.34. The predicted molar refractivity (Wildman–Crippen MR) is 73.5 cm³/mol. The molecule has 0 saturated heterocycles. The van der Waals surface area contributed by atoms with E-state index in [0.717, 1.165) is 11.4 Å². The second-order valence-corrected chi connectivity index (χ2v) is 4.15. The average molecular weight is 278 g/mol. The number of carbonyl (C=O) groups is 1. The summed E-state index contributed by atoms with van der Waals surface area (Å²) < 4.78 is 12.2. The number of ether oxygens (including phenoxy) is 2. The lowest BCUT2D eigenvalue weighted by molar-refractivity contribution is 0.0520. The van der Waals surface area contributed by atoms with E-state index in [1.165, 1.54) is 0 Å². The third kappa shape index (κ3) is 2.85. The number of nitrogens with one attached hydrogen (secondary N) is 1. The first-order valence-corrected chi connectivity index (χ1v) is 6.19. The highest BCUT2D eigenvalue weighted by Crippen LogP contribution is 2.16. The van der Waals surface area contributed by atoms with Gasteiger partial charge in [0.1, 0.15) is 11.4 Å². The van der Waals surface area contributed by atoms with Gasteiger partial charge in [0.25, 0.3) is 0 Å². The van der Waals surface area contributed by atoms with Gasteiger partial charge in [-0.05, 0) is 43.4 Å². The maximum absolute atomic E-state index is 11.6. The van der Waals surface area contributed by atoms with Gasteiger partial charge in [0.05, 0.1) is 13.7 Å². The van der Waals surface area contributed by atoms with Gasteiger partial charge >= 0.3 is 5.97 Å². The zero-order chi connectivity index (χ0) is 13.8. The Morgan fingerprint density at radius 2 is 2.05 bits per heavy atom. The summed E-state index contributed by atoms with van der Waals surface area (Å²) in [7, 11) is 1.61. The first-order chi connectivity index (χ1) is 9.15. The molecule has 0 unspecified atom stereocenters. The Labute approximate surface area is 115 Å². The molecule has 5 nitrogen and oxygen atoms in total. The van der Waals surface area contributed by atoms with Crippen LogP contribution in [0.3, 0.4) is 0 Å². The van der Waals surface area contributed by atoms with Crippen molar-refractivity contribution in [3.8, 4) is 11.4 Å². The van der Waals surface area contributed by atoms with E-state index in [-0.39, 0.29) is 0 Å². The van der Waals surface area contributed by atoms with Gasteiger partial charge in [-0.25, -0.2) is 4.79 Å². The number of aromatic nitrogens is 2. The fraction of sp³-hybridized carbons (Fsp3) is 0.231. The fourth-order valence-electron chi connectivity index (χ4n) is 1.64. The number of nitrogens with zero attached hydrogens (tertiary/aromatic N) is 1. The van der Waals surface area contributed by atoms with Crippen LogP contribution in [-0.2, 0) is 4.74 Å². The number of carbonyl (C=O) groups excluding carboxylic acids is 1. The molecular formula is C13H14N2O3S. The molecule has 2 rings (SSSR count). The minimum absolute atomic E-state index is 0.327. The van der Waals surface area contributed by atoms with E-state index in [1.54, 1.807) is 24.8 Å². The number of rotatable bonds is 4. The maximum atomic E-state index is 11.6. The van der Waals surface area contributed by atoms with E-state index < -0.39 is 5.97 Å². The van der Waals surface area contributed by atoms with E-state index >= 15 is 0 Å². The Hall–Kier alpha value is -2.08. The van der Waals surface area contributed by atoms with Crippen LogP contribution in [0.5, 0.6) is 5.75 Å². The van der Waals surface area contributed by atoms with Gasteiger partial charge in [0.15, 0.2) is 4.77 Å². The molecule has 1 aromatic heterocycles. The van der Waals surface area contributed by atoms with Crippen LogP contribution in [0, 0.1) is 4.77 Å². The molecule has 0 aliphatic heterocycles. The molecule has 19 heavy (non-hydrogen) atoms. The zero-order valence-electron chi connectivity index (χ0n) is 10.7. The van der Waals surface area contributed by atoms with E-state index in [2.05, 4.69) is 4.98 Å². The molecule has 2 aromatic rings. The first kappa shape index (κ1) is 13.4. The minimum atomic E-state index is -0.416. The highest BCUT2D eigenvalue weighted by molar-refractivity contribution is 7.71. The van der Waals surface area contributed by atoms with E-state index in [4.69, 9.17) is 21.7 Å². The fourth-order valence-corrected chi connectivity index (χ4v) is 1.91. The van der Waals surface area contributed by atoms with Crippen molar-refractivity contribution >= 4 is 18.2 Å². The molecule has 0 bridgehead atoms. The molecule has 6 heteroatoms. The molecule has 0 spiro atoms. The van der Waals surface area contributed by atoms with Crippen LogP contribution in [0.25, 0.3) is 5.69 Å². The normalized spacial score (nSPS) is 10.2. The van der Waals surface area contributed by atoms with Crippen LogP contribution in [0.15, 0.2) is 30.5 Å². The molecule has 1 aromatic carbocycles. The molecular weight excluding hydrogens is 264 g/mol. The predicted octanol–water partition coefficient (Wildman–Crippen LogP) is 2.72. The van der Waals surface area contributed by atoms with Gasteiger partial charge in [-0.3, -0.25) is 4.57 Å². The largest absolute Gasteiger partial charge is 0.497 e. The molecule has 0 radical (unpaired) electrons. The van der Waals surface area contributed by atoms with Crippen molar-refractivity contribution in [2.24, 2.45) is 0 Å². The number of imidazole rings is 1. The molecule has 0 aliphatic rings. The zero-order valence-corrected chi connectivity index (χ0v) is 11.5. The van der Waals surface area contributed by atoms with Crippen molar-refractivity contribution in [2.45, 2.75) is 6.92 Å². The van der Waals surface area contributed by atoms with E-state index in [0.29, 0.717) is 17.1 Å². The van der Waals surface area contributed by atoms with Crippen molar-refractivity contribution in [3.63, 3.8) is 0 Å². The van der Waals surface area contributed by atoms with Gasteiger partial charge in [0.2, 0.25) is 0 Å². The summed E-state index contributed by atoms with van der Waals surface area (Å²) in [6.07, 6.45) is 1.63. The van der Waals surface area contributed by atoms with Gasteiger partial charge in [0, 0.05) is 11.9 Å².